The van der Waals surface area contributed by atoms with E-state index in [-0.39, 0.29) is 17.3 Å². The zero-order valence-electron chi connectivity index (χ0n) is 13.8. The van der Waals surface area contributed by atoms with Gasteiger partial charge in [-0.15, -0.1) is 0 Å². The number of nitrogens with zero attached hydrogens (tertiary/aromatic N) is 1. The summed E-state index contributed by atoms with van der Waals surface area (Å²) in [6.07, 6.45) is 0. The number of halogens is 1. The van der Waals surface area contributed by atoms with Gasteiger partial charge >= 0.3 is 0 Å². The second-order valence-corrected chi connectivity index (χ2v) is 5.51. The van der Waals surface area contributed by atoms with Gasteiger partial charge < -0.3 is 20.5 Å². The Labute approximate surface area is 150 Å². The Bertz CT molecular complexity index is 795. The van der Waals surface area contributed by atoms with Crippen LogP contribution in [0.5, 0.6) is 11.6 Å². The number of amides is 2. The summed E-state index contributed by atoms with van der Waals surface area (Å²) in [7, 11) is 0. The van der Waals surface area contributed by atoms with Crippen LogP contribution >= 0.6 is 11.6 Å². The molecule has 0 aliphatic heterocycles. The van der Waals surface area contributed by atoms with Crippen molar-refractivity contribution in [3.63, 3.8) is 0 Å². The van der Waals surface area contributed by atoms with E-state index in [0.717, 1.165) is 5.56 Å². The van der Waals surface area contributed by atoms with Gasteiger partial charge in [0, 0.05) is 11.8 Å². The number of carbonyl (C=O) groups excluding carboxylic acids is 2. The summed E-state index contributed by atoms with van der Waals surface area (Å²) >= 11 is 6.05. The van der Waals surface area contributed by atoms with Gasteiger partial charge in [0.2, 0.25) is 5.88 Å². The Balaban J connectivity index is 2.15. The maximum absolute atomic E-state index is 12.4. The van der Waals surface area contributed by atoms with Gasteiger partial charge in [0.1, 0.15) is 5.75 Å². The molecule has 0 unspecified atom stereocenters. The normalized spacial score (nSPS) is 10.2. The van der Waals surface area contributed by atoms with Crippen LogP contribution < -0.4 is 20.5 Å². The number of primary amides is 1. The summed E-state index contributed by atoms with van der Waals surface area (Å²) in [4.78, 5) is 27.3. The lowest BCUT2D eigenvalue weighted by Crippen LogP contribution is -2.20. The molecule has 7 nitrogen and oxygen atoms in total. The molecule has 8 heteroatoms. The van der Waals surface area contributed by atoms with Crippen LogP contribution in [-0.4, -0.2) is 30.0 Å². The van der Waals surface area contributed by atoms with Crippen LogP contribution in [0.4, 0.5) is 5.69 Å². The topological polar surface area (TPSA) is 104 Å². The summed E-state index contributed by atoms with van der Waals surface area (Å²) in [5, 5.41) is 2.96. The fourth-order valence-corrected chi connectivity index (χ4v) is 2.20. The third-order valence-corrected chi connectivity index (χ3v) is 3.46. The van der Waals surface area contributed by atoms with Gasteiger partial charge in [-0.25, -0.2) is 4.98 Å². The van der Waals surface area contributed by atoms with Crippen molar-refractivity contribution >= 4 is 29.1 Å². The van der Waals surface area contributed by atoms with Crippen molar-refractivity contribution in [1.29, 1.82) is 0 Å². The number of hydrogen-bond donors (Lipinski definition) is 2. The number of anilines is 1. The van der Waals surface area contributed by atoms with Crippen LogP contribution in [-0.2, 0) is 4.79 Å². The van der Waals surface area contributed by atoms with Crippen LogP contribution in [0, 0.1) is 6.92 Å². The summed E-state index contributed by atoms with van der Waals surface area (Å²) in [6, 6.07) is 8.12. The molecule has 0 aliphatic rings. The molecule has 0 radical (unpaired) electrons. The van der Waals surface area contributed by atoms with Gasteiger partial charge in [-0.3, -0.25) is 9.59 Å². The van der Waals surface area contributed by atoms with Gasteiger partial charge in [0.05, 0.1) is 11.6 Å². The van der Waals surface area contributed by atoms with Crippen LogP contribution in [0.25, 0.3) is 0 Å². The predicted molar refractivity (Wildman–Crippen MR) is 94.2 cm³/mol. The highest BCUT2D eigenvalue weighted by molar-refractivity contribution is 6.34. The molecule has 0 saturated heterocycles. The molecule has 0 saturated carbocycles. The molecule has 0 fully saturated rings. The van der Waals surface area contributed by atoms with Crippen molar-refractivity contribution in [3.8, 4) is 11.6 Å². The summed E-state index contributed by atoms with van der Waals surface area (Å²) in [5.74, 6) is -0.224. The van der Waals surface area contributed by atoms with E-state index < -0.39 is 11.8 Å². The largest absolute Gasteiger partial charge is 0.484 e. The molecule has 0 aliphatic carbocycles. The Morgan fingerprint density at radius 2 is 2.00 bits per heavy atom. The molecule has 0 atom stereocenters. The average Bonchev–Trinajstić information content (AvgIpc) is 2.57. The van der Waals surface area contributed by atoms with Gasteiger partial charge in [0.25, 0.3) is 11.8 Å². The Morgan fingerprint density at radius 3 is 2.64 bits per heavy atom. The lowest BCUT2D eigenvalue weighted by molar-refractivity contribution is -0.119. The van der Waals surface area contributed by atoms with Crippen molar-refractivity contribution in [2.45, 2.75) is 13.8 Å². The van der Waals surface area contributed by atoms with Gasteiger partial charge in [-0.05, 0) is 43.7 Å². The maximum Gasteiger partial charge on any atom is 0.275 e. The van der Waals surface area contributed by atoms with Crippen LogP contribution in [0.1, 0.15) is 23.0 Å². The third kappa shape index (κ3) is 5.09. The molecule has 1 aromatic heterocycles. The number of rotatable bonds is 7. The lowest BCUT2D eigenvalue weighted by Gasteiger charge is -2.12. The number of nitrogens with one attached hydrogen (secondary N) is 1. The number of carbonyl (C=O) groups is 2. The number of aromatic nitrogens is 1. The molecule has 2 aromatic rings. The second kappa shape index (κ2) is 8.34. The first-order valence-electron chi connectivity index (χ1n) is 7.53. The zero-order valence-corrected chi connectivity index (χ0v) is 14.6. The Kier molecular flexibility index (Phi) is 6.19. The molecule has 132 valence electrons. The number of nitrogens with two attached hydrogens (primary N) is 1. The summed E-state index contributed by atoms with van der Waals surface area (Å²) in [5.41, 5.74) is 6.42. The fourth-order valence-electron chi connectivity index (χ4n) is 2.01. The van der Waals surface area contributed by atoms with E-state index in [4.69, 9.17) is 26.8 Å². The van der Waals surface area contributed by atoms with Gasteiger partial charge in [0.15, 0.2) is 12.3 Å². The van der Waals surface area contributed by atoms with E-state index in [2.05, 4.69) is 10.3 Å². The first kappa shape index (κ1) is 18.5. The molecular formula is C17H18ClN3O4. The molecule has 3 N–H and O–H groups in total. The molecule has 1 heterocycles. The number of ether oxygens (including phenoxy) is 2. The van der Waals surface area contributed by atoms with E-state index in [1.165, 1.54) is 0 Å². The molecule has 0 spiro atoms. The number of hydrogen-bond acceptors (Lipinski definition) is 5. The molecule has 25 heavy (non-hydrogen) atoms. The quantitative estimate of drug-likeness (QED) is 0.786. The van der Waals surface area contributed by atoms with Crippen LogP contribution in [0.3, 0.4) is 0 Å². The number of benzene rings is 1. The van der Waals surface area contributed by atoms with Crippen molar-refractivity contribution in [3.05, 3.63) is 46.6 Å². The van der Waals surface area contributed by atoms with E-state index >= 15 is 0 Å². The number of aryl methyl sites for hydroxylation is 1. The Morgan fingerprint density at radius 1 is 1.24 bits per heavy atom. The van der Waals surface area contributed by atoms with Crippen molar-refractivity contribution in [2.24, 2.45) is 5.73 Å². The lowest BCUT2D eigenvalue weighted by atomic mass is 10.2. The smallest absolute Gasteiger partial charge is 0.275 e. The SMILES string of the molecule is CCOc1ccc(Cl)c(C(=O)Nc2ccc(OCC(N)=O)cc2C)n1. The van der Waals surface area contributed by atoms with Crippen LogP contribution in [0.15, 0.2) is 30.3 Å². The molecule has 2 amide bonds. The standard InChI is InChI=1S/C17H18ClN3O4/c1-3-24-15-7-5-12(18)16(21-15)17(23)20-13-6-4-11(8-10(13)2)25-9-14(19)22/h4-8H,3,9H2,1-2H3,(H2,19,22)(H,20,23). The predicted octanol–water partition coefficient (Wildman–Crippen LogP) is 2.56. The molecule has 1 aromatic carbocycles. The first-order chi connectivity index (χ1) is 11.9. The van der Waals surface area contributed by atoms with Crippen LogP contribution in [0.2, 0.25) is 5.02 Å². The summed E-state index contributed by atoms with van der Waals surface area (Å²) in [6.45, 7) is 3.83. The van der Waals surface area contributed by atoms with Crippen molar-refractivity contribution in [1.82, 2.24) is 4.98 Å². The van der Waals surface area contributed by atoms with E-state index in [1.807, 2.05) is 6.92 Å². The fraction of sp³-hybridized carbons (Fsp3) is 0.235. The van der Waals surface area contributed by atoms with E-state index in [9.17, 15) is 9.59 Å². The highest BCUT2D eigenvalue weighted by Crippen LogP contribution is 2.24. The van der Waals surface area contributed by atoms with Gasteiger partial charge in [-0.2, -0.15) is 0 Å². The molecule has 0 bridgehead atoms. The number of pyridine rings is 1. The highest BCUT2D eigenvalue weighted by atomic mass is 35.5. The monoisotopic (exact) mass is 363 g/mol. The second-order valence-electron chi connectivity index (χ2n) is 5.10. The summed E-state index contributed by atoms with van der Waals surface area (Å²) < 4.78 is 10.5. The van der Waals surface area contributed by atoms with Gasteiger partial charge in [-0.1, -0.05) is 11.6 Å². The van der Waals surface area contributed by atoms with Crippen molar-refractivity contribution in [2.75, 3.05) is 18.5 Å². The first-order valence-corrected chi connectivity index (χ1v) is 7.91. The molecular weight excluding hydrogens is 346 g/mol. The molecule has 2 rings (SSSR count). The van der Waals surface area contributed by atoms with E-state index in [1.54, 1.807) is 37.3 Å². The average molecular weight is 364 g/mol. The third-order valence-electron chi connectivity index (χ3n) is 3.15. The zero-order chi connectivity index (χ0) is 18.4. The minimum Gasteiger partial charge on any atom is -0.484 e. The minimum absolute atomic E-state index is 0.0704. The Hall–Kier alpha value is -2.80. The highest BCUT2D eigenvalue weighted by Gasteiger charge is 2.15. The minimum atomic E-state index is -0.565. The van der Waals surface area contributed by atoms with Crippen molar-refractivity contribution < 1.29 is 19.1 Å². The maximum atomic E-state index is 12.4. The van der Waals surface area contributed by atoms with E-state index in [0.29, 0.717) is 23.9 Å².